The molecule has 2 rings (SSSR count). The topological polar surface area (TPSA) is 68.8 Å². The van der Waals surface area contributed by atoms with Crippen molar-refractivity contribution in [2.75, 3.05) is 12.4 Å². The Balaban J connectivity index is 2.15. The van der Waals surface area contributed by atoms with E-state index >= 15 is 0 Å². The Morgan fingerprint density at radius 3 is 2.83 bits per heavy atom. The van der Waals surface area contributed by atoms with Gasteiger partial charge in [-0.15, -0.1) is 0 Å². The molecule has 1 aromatic rings. The highest BCUT2D eigenvalue weighted by atomic mass is 16.6. The SMILES string of the molecule is [C-]#[N+]c1ccc([N+](=O)[O-])c(NC2CC(OC)C2)c1. The largest absolute Gasteiger partial charge is 0.381 e. The zero-order valence-corrected chi connectivity index (χ0v) is 9.92. The van der Waals surface area contributed by atoms with Crippen molar-refractivity contribution in [2.24, 2.45) is 0 Å². The third-order valence-corrected chi connectivity index (χ3v) is 3.09. The average Bonchev–Trinajstić information content (AvgIpc) is 2.32. The Labute approximate surface area is 105 Å². The highest BCUT2D eigenvalue weighted by Crippen LogP contribution is 2.33. The van der Waals surface area contributed by atoms with Gasteiger partial charge in [0.2, 0.25) is 0 Å². The molecule has 1 saturated carbocycles. The first-order valence-corrected chi connectivity index (χ1v) is 5.59. The fourth-order valence-electron chi connectivity index (χ4n) is 1.96. The number of rotatable bonds is 4. The summed E-state index contributed by atoms with van der Waals surface area (Å²) in [6.07, 6.45) is 1.89. The molecule has 0 heterocycles. The molecule has 0 unspecified atom stereocenters. The van der Waals surface area contributed by atoms with E-state index in [0.717, 1.165) is 12.8 Å². The Hall–Kier alpha value is -2.13. The summed E-state index contributed by atoms with van der Waals surface area (Å²) in [5, 5.41) is 14.0. The summed E-state index contributed by atoms with van der Waals surface area (Å²) >= 11 is 0. The van der Waals surface area contributed by atoms with Crippen molar-refractivity contribution in [1.29, 1.82) is 0 Å². The first-order valence-electron chi connectivity index (χ1n) is 5.59. The summed E-state index contributed by atoms with van der Waals surface area (Å²) in [4.78, 5) is 13.7. The molecule has 1 aromatic carbocycles. The second kappa shape index (κ2) is 5.02. The van der Waals surface area contributed by atoms with Crippen molar-refractivity contribution in [3.63, 3.8) is 0 Å². The van der Waals surface area contributed by atoms with Crippen molar-refractivity contribution in [3.05, 3.63) is 39.7 Å². The lowest BCUT2D eigenvalue weighted by atomic mass is 9.89. The fraction of sp³-hybridized carbons (Fsp3) is 0.417. The molecule has 0 atom stereocenters. The van der Waals surface area contributed by atoms with Gasteiger partial charge >= 0.3 is 0 Å². The van der Waals surface area contributed by atoms with Crippen LogP contribution in [0.5, 0.6) is 0 Å². The van der Waals surface area contributed by atoms with Crippen LogP contribution >= 0.6 is 0 Å². The molecule has 1 aliphatic rings. The smallest absolute Gasteiger partial charge is 0.289 e. The number of ether oxygens (including phenoxy) is 1. The van der Waals surface area contributed by atoms with Gasteiger partial charge in [0.25, 0.3) is 5.69 Å². The summed E-state index contributed by atoms with van der Waals surface area (Å²) in [6.45, 7) is 6.93. The molecule has 1 fully saturated rings. The van der Waals surface area contributed by atoms with Gasteiger partial charge in [0.05, 0.1) is 17.6 Å². The monoisotopic (exact) mass is 247 g/mol. The summed E-state index contributed by atoms with van der Waals surface area (Å²) in [5.74, 6) is 0. The van der Waals surface area contributed by atoms with Gasteiger partial charge in [-0.05, 0) is 25.0 Å². The van der Waals surface area contributed by atoms with Crippen molar-refractivity contribution in [3.8, 4) is 0 Å². The zero-order chi connectivity index (χ0) is 13.1. The van der Waals surface area contributed by atoms with E-state index < -0.39 is 4.92 Å². The predicted molar refractivity (Wildman–Crippen MR) is 66.8 cm³/mol. The maximum absolute atomic E-state index is 10.9. The third kappa shape index (κ3) is 2.41. The number of anilines is 1. The van der Waals surface area contributed by atoms with E-state index in [4.69, 9.17) is 11.3 Å². The molecule has 6 heteroatoms. The van der Waals surface area contributed by atoms with Crippen molar-refractivity contribution < 1.29 is 9.66 Å². The standard InChI is InChI=1S/C12H13N3O3/c1-13-8-3-4-12(15(16)17)11(7-8)14-9-5-10(6-9)18-2/h3-4,7,9-10,14H,5-6H2,2H3. The lowest BCUT2D eigenvalue weighted by Crippen LogP contribution is -2.40. The summed E-state index contributed by atoms with van der Waals surface area (Å²) in [5.41, 5.74) is 0.807. The minimum absolute atomic E-state index is 0.00302. The van der Waals surface area contributed by atoms with E-state index in [1.165, 1.54) is 18.2 Å². The van der Waals surface area contributed by atoms with Gasteiger partial charge in [0, 0.05) is 19.2 Å². The third-order valence-electron chi connectivity index (χ3n) is 3.09. The molecule has 0 amide bonds. The van der Waals surface area contributed by atoms with Crippen LogP contribution in [0.2, 0.25) is 0 Å². The number of hydrogen-bond donors (Lipinski definition) is 1. The Kier molecular flexibility index (Phi) is 3.44. The van der Waals surface area contributed by atoms with Crippen LogP contribution in [0.25, 0.3) is 4.85 Å². The normalized spacial score (nSPS) is 21.8. The number of nitro groups is 1. The van der Waals surface area contributed by atoms with E-state index in [1.807, 2.05) is 0 Å². The molecule has 0 saturated heterocycles. The number of benzene rings is 1. The molecule has 18 heavy (non-hydrogen) atoms. The Morgan fingerprint density at radius 1 is 1.56 bits per heavy atom. The molecular weight excluding hydrogens is 234 g/mol. The van der Waals surface area contributed by atoms with Gasteiger partial charge in [0.15, 0.2) is 5.69 Å². The molecule has 1 aliphatic carbocycles. The lowest BCUT2D eigenvalue weighted by Gasteiger charge is -2.35. The van der Waals surface area contributed by atoms with Gasteiger partial charge < -0.3 is 10.1 Å². The van der Waals surface area contributed by atoms with Crippen LogP contribution in [0.1, 0.15) is 12.8 Å². The molecule has 0 bridgehead atoms. The number of nitrogens with one attached hydrogen (secondary N) is 1. The number of nitro benzene ring substituents is 1. The molecule has 0 spiro atoms. The van der Waals surface area contributed by atoms with Crippen LogP contribution in [0, 0.1) is 16.7 Å². The van der Waals surface area contributed by atoms with Gasteiger partial charge in [0.1, 0.15) is 5.69 Å². The van der Waals surface area contributed by atoms with Crippen LogP contribution in [0.4, 0.5) is 17.1 Å². The van der Waals surface area contributed by atoms with Crippen LogP contribution < -0.4 is 5.32 Å². The van der Waals surface area contributed by atoms with E-state index in [1.54, 1.807) is 7.11 Å². The minimum atomic E-state index is -0.442. The lowest BCUT2D eigenvalue weighted by molar-refractivity contribution is -0.384. The molecule has 1 N–H and O–H groups in total. The van der Waals surface area contributed by atoms with Crippen molar-refractivity contribution in [2.45, 2.75) is 25.0 Å². The fourth-order valence-corrected chi connectivity index (χ4v) is 1.96. The number of nitrogens with zero attached hydrogens (tertiary/aromatic N) is 2. The molecule has 0 aliphatic heterocycles. The zero-order valence-electron chi connectivity index (χ0n) is 9.92. The van der Waals surface area contributed by atoms with E-state index in [0.29, 0.717) is 11.4 Å². The molecular formula is C12H13N3O3. The molecule has 94 valence electrons. The molecule has 6 nitrogen and oxygen atoms in total. The minimum Gasteiger partial charge on any atom is -0.381 e. The van der Waals surface area contributed by atoms with Gasteiger partial charge in [-0.3, -0.25) is 10.1 Å². The quantitative estimate of drug-likeness (QED) is 0.504. The van der Waals surface area contributed by atoms with Gasteiger partial charge in [-0.2, -0.15) is 0 Å². The summed E-state index contributed by atoms with van der Waals surface area (Å²) < 4.78 is 5.15. The van der Waals surface area contributed by atoms with E-state index in [-0.39, 0.29) is 17.8 Å². The van der Waals surface area contributed by atoms with Crippen LogP contribution in [-0.4, -0.2) is 24.2 Å². The maximum atomic E-state index is 10.9. The van der Waals surface area contributed by atoms with Crippen molar-refractivity contribution in [1.82, 2.24) is 0 Å². The van der Waals surface area contributed by atoms with Crippen LogP contribution in [0.3, 0.4) is 0 Å². The van der Waals surface area contributed by atoms with Crippen LogP contribution in [-0.2, 0) is 4.74 Å². The summed E-state index contributed by atoms with van der Waals surface area (Å²) in [6, 6.07) is 4.51. The first kappa shape index (κ1) is 12.3. The first-order chi connectivity index (χ1) is 8.63. The Morgan fingerprint density at radius 2 is 2.28 bits per heavy atom. The van der Waals surface area contributed by atoms with Gasteiger partial charge in [-0.25, -0.2) is 4.85 Å². The van der Waals surface area contributed by atoms with Crippen LogP contribution in [0.15, 0.2) is 18.2 Å². The average molecular weight is 247 g/mol. The second-order valence-corrected chi connectivity index (χ2v) is 4.24. The maximum Gasteiger partial charge on any atom is 0.289 e. The molecule has 0 aromatic heterocycles. The van der Waals surface area contributed by atoms with E-state index in [2.05, 4.69) is 10.2 Å². The van der Waals surface area contributed by atoms with E-state index in [9.17, 15) is 10.1 Å². The second-order valence-electron chi connectivity index (χ2n) is 4.24. The highest BCUT2D eigenvalue weighted by Gasteiger charge is 2.30. The number of methoxy groups -OCH3 is 1. The Bertz CT molecular complexity index is 504. The predicted octanol–water partition coefficient (Wildman–Crippen LogP) is 2.73. The summed E-state index contributed by atoms with van der Waals surface area (Å²) in [7, 11) is 1.66. The van der Waals surface area contributed by atoms with Gasteiger partial charge in [-0.1, -0.05) is 0 Å². The van der Waals surface area contributed by atoms with Crippen molar-refractivity contribution >= 4 is 17.1 Å². The highest BCUT2D eigenvalue weighted by molar-refractivity contribution is 5.69. The number of hydrogen-bond acceptors (Lipinski definition) is 4. The molecule has 0 radical (unpaired) electrons.